The number of ether oxygens (including phenoxy) is 3. The normalized spacial score (nSPS) is 15.5. The van der Waals surface area contributed by atoms with Crippen LogP contribution in [0.4, 0.5) is 13.2 Å². The van der Waals surface area contributed by atoms with Gasteiger partial charge in [0.25, 0.3) is 5.09 Å². The van der Waals surface area contributed by atoms with E-state index in [9.17, 15) is 32.9 Å². The summed E-state index contributed by atoms with van der Waals surface area (Å²) >= 11 is 3.22. The number of carbonyl (C=O) groups excluding carboxylic acids is 2. The third-order valence-electron chi connectivity index (χ3n) is 3.50. The lowest BCUT2D eigenvalue weighted by atomic mass is 9.99. The molecule has 1 aromatic rings. The van der Waals surface area contributed by atoms with Crippen LogP contribution in [0.5, 0.6) is 5.75 Å². The summed E-state index contributed by atoms with van der Waals surface area (Å²) in [7, 11) is 0. The second-order valence-corrected chi connectivity index (χ2v) is 6.55. The van der Waals surface area contributed by atoms with E-state index in [4.69, 9.17) is 9.47 Å². The van der Waals surface area contributed by atoms with Crippen molar-refractivity contribution in [2.45, 2.75) is 19.2 Å². The van der Waals surface area contributed by atoms with Crippen molar-refractivity contribution >= 4 is 33.9 Å². The van der Waals surface area contributed by atoms with Crippen LogP contribution < -0.4 is 4.74 Å². The molecule has 0 amide bonds. The molecule has 0 unspecified atom stereocenters. The van der Waals surface area contributed by atoms with Gasteiger partial charge in [-0.2, -0.15) is 13.2 Å². The lowest BCUT2D eigenvalue weighted by molar-refractivity contribution is -0.754. The van der Waals surface area contributed by atoms with Crippen LogP contribution >= 0.6 is 15.9 Å². The van der Waals surface area contributed by atoms with Gasteiger partial charge in [0.1, 0.15) is 19.0 Å². The molecular formula is C16H13BrF3NO8. The molecule has 1 aliphatic rings. The molecule has 2 rings (SSSR count). The third kappa shape index (κ3) is 6.07. The van der Waals surface area contributed by atoms with Gasteiger partial charge >= 0.3 is 18.1 Å². The number of carbonyl (C=O) groups is 2. The molecule has 1 heterocycles. The average molecular weight is 484 g/mol. The van der Waals surface area contributed by atoms with Gasteiger partial charge < -0.3 is 19.0 Å². The maximum absolute atomic E-state index is 13.4. The minimum atomic E-state index is -4.88. The Morgan fingerprint density at radius 2 is 1.93 bits per heavy atom. The van der Waals surface area contributed by atoms with Crippen LogP contribution in [0.2, 0.25) is 0 Å². The van der Waals surface area contributed by atoms with Gasteiger partial charge in [-0.3, -0.25) is 0 Å². The highest BCUT2D eigenvalue weighted by Gasteiger charge is 2.49. The molecule has 0 aliphatic carbocycles. The van der Waals surface area contributed by atoms with Crippen LogP contribution in [0.25, 0.3) is 6.08 Å². The van der Waals surface area contributed by atoms with E-state index in [0.717, 1.165) is 6.08 Å². The van der Waals surface area contributed by atoms with Gasteiger partial charge in [-0.25, -0.2) is 9.59 Å². The van der Waals surface area contributed by atoms with Gasteiger partial charge in [0.15, 0.2) is 6.61 Å². The number of nitrogens with zero attached hydrogens (tertiary/aromatic N) is 1. The summed E-state index contributed by atoms with van der Waals surface area (Å²) in [5, 5.41) is 8.73. The Morgan fingerprint density at radius 1 is 1.28 bits per heavy atom. The number of benzene rings is 1. The van der Waals surface area contributed by atoms with Crippen molar-refractivity contribution in [1.82, 2.24) is 0 Å². The molecule has 158 valence electrons. The van der Waals surface area contributed by atoms with Crippen molar-refractivity contribution in [1.29, 1.82) is 0 Å². The van der Waals surface area contributed by atoms with Crippen LogP contribution in [0.15, 0.2) is 22.2 Å². The zero-order chi connectivity index (χ0) is 21.8. The Hall–Kier alpha value is -2.83. The quantitative estimate of drug-likeness (QED) is 0.251. The lowest BCUT2D eigenvalue weighted by Crippen LogP contribution is -2.41. The average Bonchev–Trinajstić information content (AvgIpc) is 2.61. The van der Waals surface area contributed by atoms with Crippen molar-refractivity contribution in [3.05, 3.63) is 43.4 Å². The number of hydrogen-bond donors (Lipinski definition) is 0. The molecule has 9 nitrogen and oxygen atoms in total. The Kier molecular flexibility index (Phi) is 7.06. The number of esters is 2. The minimum absolute atomic E-state index is 0.00760. The van der Waals surface area contributed by atoms with Gasteiger partial charge in [0.05, 0.1) is 5.57 Å². The van der Waals surface area contributed by atoms with Crippen molar-refractivity contribution in [2.24, 2.45) is 0 Å². The number of rotatable bonds is 7. The fourth-order valence-electron chi connectivity index (χ4n) is 2.38. The summed E-state index contributed by atoms with van der Waals surface area (Å²) in [4.78, 5) is 37.0. The SMILES string of the molecule is Cc1cc(Br)cc2c1O[C@H](C(F)(F)F)C(C(=O)OCCOC(=O)CO[N+](=O)[O-])=C2. The van der Waals surface area contributed by atoms with E-state index < -0.39 is 54.7 Å². The maximum Gasteiger partial charge on any atom is 0.430 e. The van der Waals surface area contributed by atoms with Gasteiger partial charge in [-0.05, 0) is 30.7 Å². The predicted molar refractivity (Wildman–Crippen MR) is 92.2 cm³/mol. The zero-order valence-corrected chi connectivity index (χ0v) is 16.2. The van der Waals surface area contributed by atoms with E-state index in [1.54, 1.807) is 13.0 Å². The van der Waals surface area contributed by atoms with Crippen LogP contribution in [-0.4, -0.2) is 49.1 Å². The zero-order valence-electron chi connectivity index (χ0n) is 14.7. The van der Waals surface area contributed by atoms with Gasteiger partial charge in [0, 0.05) is 10.0 Å². The molecule has 0 N–H and O–H groups in total. The summed E-state index contributed by atoms with van der Waals surface area (Å²) in [6, 6.07) is 3.06. The Bertz CT molecular complexity index is 855. The summed E-state index contributed by atoms with van der Waals surface area (Å²) in [6.45, 7) is -0.515. The van der Waals surface area contributed by atoms with E-state index in [-0.39, 0.29) is 11.3 Å². The molecule has 1 aromatic carbocycles. The minimum Gasteiger partial charge on any atom is -0.475 e. The molecule has 0 saturated carbocycles. The first-order valence-corrected chi connectivity index (χ1v) is 8.63. The topological polar surface area (TPSA) is 114 Å². The molecule has 0 saturated heterocycles. The Balaban J connectivity index is 2.06. The van der Waals surface area contributed by atoms with E-state index in [1.807, 2.05) is 0 Å². The van der Waals surface area contributed by atoms with Gasteiger partial charge in [-0.1, -0.05) is 15.9 Å². The molecule has 0 aromatic heterocycles. The third-order valence-corrected chi connectivity index (χ3v) is 3.96. The molecule has 0 radical (unpaired) electrons. The fourth-order valence-corrected chi connectivity index (χ4v) is 2.97. The first kappa shape index (κ1) is 22.5. The van der Waals surface area contributed by atoms with Crippen molar-refractivity contribution in [3.8, 4) is 5.75 Å². The largest absolute Gasteiger partial charge is 0.475 e. The summed E-state index contributed by atoms with van der Waals surface area (Å²) in [6.07, 6.45) is -6.39. The summed E-state index contributed by atoms with van der Waals surface area (Å²) < 4.78 is 54.9. The summed E-state index contributed by atoms with van der Waals surface area (Å²) in [5.41, 5.74) is -0.0747. The standard InChI is InChI=1S/C16H13BrF3NO8/c1-8-4-10(17)5-9-6-11(14(16(18,19)20)29-13(8)9)15(23)27-3-2-26-12(22)7-28-21(24)25/h4-6,14H,2-3,7H2,1H3/t14-/m0/s1. The second-order valence-electron chi connectivity index (χ2n) is 5.63. The molecule has 1 aliphatic heterocycles. The number of hydrogen-bond acceptors (Lipinski definition) is 8. The number of halogens is 4. The highest BCUT2D eigenvalue weighted by atomic mass is 79.9. The highest BCUT2D eigenvalue weighted by molar-refractivity contribution is 9.10. The number of fused-ring (bicyclic) bond motifs is 1. The van der Waals surface area contributed by atoms with Crippen molar-refractivity contribution < 1.29 is 46.9 Å². The van der Waals surface area contributed by atoms with E-state index in [0.29, 0.717) is 10.0 Å². The smallest absolute Gasteiger partial charge is 0.430 e. The number of alkyl halides is 3. The molecular weight excluding hydrogens is 471 g/mol. The van der Waals surface area contributed by atoms with Crippen LogP contribution in [0.3, 0.4) is 0 Å². The molecule has 0 spiro atoms. The van der Waals surface area contributed by atoms with Crippen molar-refractivity contribution in [2.75, 3.05) is 19.8 Å². The maximum atomic E-state index is 13.4. The predicted octanol–water partition coefficient (Wildman–Crippen LogP) is 2.76. The van der Waals surface area contributed by atoms with Crippen molar-refractivity contribution in [3.63, 3.8) is 0 Å². The van der Waals surface area contributed by atoms with E-state index >= 15 is 0 Å². The second kappa shape index (κ2) is 9.11. The first-order chi connectivity index (χ1) is 13.5. The summed E-state index contributed by atoms with van der Waals surface area (Å²) in [5.74, 6) is -2.43. The van der Waals surface area contributed by atoms with Crippen LogP contribution in [0.1, 0.15) is 11.1 Å². The Labute approximate surface area is 169 Å². The molecule has 29 heavy (non-hydrogen) atoms. The van der Waals surface area contributed by atoms with Crippen LogP contribution in [-0.2, 0) is 23.9 Å². The highest BCUT2D eigenvalue weighted by Crippen LogP contribution is 2.40. The number of aryl methyl sites for hydroxylation is 1. The molecule has 0 bridgehead atoms. The van der Waals surface area contributed by atoms with Crippen LogP contribution in [0, 0.1) is 17.0 Å². The van der Waals surface area contributed by atoms with Gasteiger partial charge in [0.2, 0.25) is 6.10 Å². The van der Waals surface area contributed by atoms with E-state index in [1.165, 1.54) is 6.07 Å². The molecule has 1 atom stereocenters. The van der Waals surface area contributed by atoms with E-state index in [2.05, 4.69) is 25.5 Å². The Morgan fingerprint density at radius 3 is 2.55 bits per heavy atom. The molecule has 0 fully saturated rings. The fraction of sp³-hybridized carbons (Fsp3) is 0.375. The first-order valence-electron chi connectivity index (χ1n) is 7.84. The molecule has 13 heteroatoms. The lowest BCUT2D eigenvalue weighted by Gasteiger charge is -2.29. The van der Waals surface area contributed by atoms with Gasteiger partial charge in [-0.15, -0.1) is 10.1 Å². The monoisotopic (exact) mass is 483 g/mol.